The Bertz CT molecular complexity index is 341. The predicted molar refractivity (Wildman–Crippen MR) is 74.2 cm³/mol. The van der Waals surface area contributed by atoms with E-state index in [0.717, 1.165) is 12.8 Å². The fraction of sp³-hybridized carbons (Fsp3) is 0.867. The van der Waals surface area contributed by atoms with Gasteiger partial charge in [0.05, 0.1) is 0 Å². The van der Waals surface area contributed by atoms with Gasteiger partial charge >= 0.3 is 5.97 Å². The summed E-state index contributed by atoms with van der Waals surface area (Å²) in [6.07, 6.45) is 7.98. The van der Waals surface area contributed by atoms with Crippen molar-refractivity contribution in [3.8, 4) is 0 Å². The third-order valence-electron chi connectivity index (χ3n) is 4.51. The third-order valence-corrected chi connectivity index (χ3v) is 4.51. The zero-order valence-corrected chi connectivity index (χ0v) is 12.1. The molecular formula is C15H25NO3. The normalized spacial score (nSPS) is 19.8. The number of carbonyl (C=O) groups excluding carboxylic acids is 1. The molecule has 0 aromatic carbocycles. The average Bonchev–Trinajstić information content (AvgIpc) is 3.28. The first-order valence-electron chi connectivity index (χ1n) is 7.58. The summed E-state index contributed by atoms with van der Waals surface area (Å²) in [5.74, 6) is 0.940. The van der Waals surface area contributed by atoms with E-state index in [1.54, 1.807) is 0 Å². The van der Waals surface area contributed by atoms with Gasteiger partial charge in [0.1, 0.15) is 12.1 Å². The minimum atomic E-state index is -0.285. The monoisotopic (exact) mass is 267 g/mol. The molecule has 1 heterocycles. The van der Waals surface area contributed by atoms with Crippen molar-refractivity contribution >= 4 is 11.9 Å². The van der Waals surface area contributed by atoms with Crippen LogP contribution >= 0.6 is 0 Å². The second-order valence-corrected chi connectivity index (χ2v) is 5.58. The van der Waals surface area contributed by atoms with Gasteiger partial charge in [-0.2, -0.15) is 0 Å². The Hall–Kier alpha value is -1.06. The number of nitrogens with zero attached hydrogens (tertiary/aromatic N) is 1. The summed E-state index contributed by atoms with van der Waals surface area (Å²) in [5.41, 5.74) is -0.285. The molecule has 0 bridgehead atoms. The van der Waals surface area contributed by atoms with Crippen molar-refractivity contribution in [2.45, 2.75) is 64.4 Å². The molecule has 0 unspecified atom stereocenters. The largest absolute Gasteiger partial charge is 0.468 e. The van der Waals surface area contributed by atoms with Crippen LogP contribution in [0.1, 0.15) is 58.8 Å². The lowest BCUT2D eigenvalue weighted by Gasteiger charge is -2.41. The first-order chi connectivity index (χ1) is 9.20. The highest BCUT2D eigenvalue weighted by molar-refractivity contribution is 5.90. The van der Waals surface area contributed by atoms with Crippen molar-refractivity contribution in [1.82, 2.24) is 0 Å². The molecule has 1 aliphatic carbocycles. The molecule has 1 aliphatic heterocycles. The highest BCUT2D eigenvalue weighted by Gasteiger charge is 2.39. The van der Waals surface area contributed by atoms with E-state index in [1.165, 1.54) is 32.1 Å². The summed E-state index contributed by atoms with van der Waals surface area (Å²) >= 11 is 0. The molecule has 108 valence electrons. The molecule has 0 N–H and O–H groups in total. The zero-order valence-electron chi connectivity index (χ0n) is 12.1. The molecule has 2 aliphatic rings. The fourth-order valence-corrected chi connectivity index (χ4v) is 3.21. The molecule has 0 radical (unpaired) electrons. The lowest BCUT2D eigenvalue weighted by Crippen LogP contribution is -2.43. The Balaban J connectivity index is 1.91. The van der Waals surface area contributed by atoms with Gasteiger partial charge in [0.2, 0.25) is 5.90 Å². The van der Waals surface area contributed by atoms with Crippen molar-refractivity contribution in [1.29, 1.82) is 0 Å². The molecule has 1 fully saturated rings. The van der Waals surface area contributed by atoms with E-state index in [2.05, 4.69) is 18.8 Å². The van der Waals surface area contributed by atoms with Crippen molar-refractivity contribution in [2.75, 3.05) is 13.2 Å². The minimum absolute atomic E-state index is 0.00725. The predicted octanol–water partition coefficient (Wildman–Crippen LogP) is 3.10. The van der Waals surface area contributed by atoms with E-state index in [1.807, 2.05) is 0 Å². The van der Waals surface area contributed by atoms with Gasteiger partial charge in [-0.15, -0.1) is 0 Å². The summed E-state index contributed by atoms with van der Waals surface area (Å²) in [6, 6.07) is 0. The topological polar surface area (TPSA) is 47.9 Å². The Kier molecular flexibility index (Phi) is 4.83. The first-order valence-corrected chi connectivity index (χ1v) is 7.58. The summed E-state index contributed by atoms with van der Waals surface area (Å²) in [7, 11) is 0. The summed E-state index contributed by atoms with van der Waals surface area (Å²) in [4.78, 5) is 15.8. The van der Waals surface area contributed by atoms with E-state index in [-0.39, 0.29) is 18.2 Å². The number of carbonyl (C=O) groups is 1. The lowest BCUT2D eigenvalue weighted by atomic mass is 9.74. The molecule has 19 heavy (non-hydrogen) atoms. The van der Waals surface area contributed by atoms with Gasteiger partial charge in [0, 0.05) is 0 Å². The Morgan fingerprint density at radius 1 is 1.26 bits per heavy atom. The van der Waals surface area contributed by atoms with E-state index < -0.39 is 0 Å². The molecule has 0 spiro atoms. The third kappa shape index (κ3) is 3.71. The summed E-state index contributed by atoms with van der Waals surface area (Å²) < 4.78 is 11.0. The molecular weight excluding hydrogens is 242 g/mol. The SMILES string of the molecule is CCC(CC)(OC(=O)COC1=NC1)C1CCCCC1. The molecule has 4 nitrogen and oxygen atoms in total. The van der Waals surface area contributed by atoms with Crippen molar-refractivity contribution in [2.24, 2.45) is 10.9 Å². The minimum Gasteiger partial charge on any atom is -0.468 e. The van der Waals surface area contributed by atoms with Gasteiger partial charge in [0.25, 0.3) is 0 Å². The van der Waals surface area contributed by atoms with Crippen LogP contribution in [-0.2, 0) is 14.3 Å². The Morgan fingerprint density at radius 2 is 1.89 bits per heavy atom. The second-order valence-electron chi connectivity index (χ2n) is 5.58. The molecule has 2 rings (SSSR count). The van der Waals surface area contributed by atoms with Crippen molar-refractivity contribution in [3.05, 3.63) is 0 Å². The number of rotatable bonds is 6. The van der Waals surface area contributed by atoms with Crippen LogP contribution in [0.4, 0.5) is 0 Å². The van der Waals surface area contributed by atoms with Crippen LogP contribution in [-0.4, -0.2) is 30.6 Å². The second kappa shape index (κ2) is 6.40. The standard InChI is InChI=1S/C15H25NO3/c1-3-15(4-2,12-8-6-5-7-9-12)19-14(17)11-18-13-10-16-13/h12H,3-11H2,1-2H3. The molecule has 0 aromatic rings. The van der Waals surface area contributed by atoms with Crippen LogP contribution in [0.15, 0.2) is 4.99 Å². The Labute approximate surface area is 115 Å². The number of hydrogen-bond acceptors (Lipinski definition) is 4. The highest BCUT2D eigenvalue weighted by atomic mass is 16.6. The highest BCUT2D eigenvalue weighted by Crippen LogP contribution is 2.39. The average molecular weight is 267 g/mol. The van der Waals surface area contributed by atoms with Gasteiger partial charge in [-0.25, -0.2) is 9.79 Å². The quantitative estimate of drug-likeness (QED) is 0.695. The van der Waals surface area contributed by atoms with Crippen molar-refractivity contribution < 1.29 is 14.3 Å². The van der Waals surface area contributed by atoms with Gasteiger partial charge < -0.3 is 9.47 Å². The van der Waals surface area contributed by atoms with Gasteiger partial charge in [0.15, 0.2) is 6.61 Å². The van der Waals surface area contributed by atoms with Gasteiger partial charge in [-0.3, -0.25) is 0 Å². The molecule has 0 saturated heterocycles. The van der Waals surface area contributed by atoms with Crippen LogP contribution in [0.25, 0.3) is 0 Å². The van der Waals surface area contributed by atoms with E-state index in [9.17, 15) is 4.79 Å². The molecule has 0 amide bonds. The zero-order chi connectivity index (χ0) is 13.7. The maximum Gasteiger partial charge on any atom is 0.344 e. The van der Waals surface area contributed by atoms with Gasteiger partial charge in [-0.05, 0) is 31.6 Å². The van der Waals surface area contributed by atoms with Crippen LogP contribution in [0.3, 0.4) is 0 Å². The number of ether oxygens (including phenoxy) is 2. The first kappa shape index (κ1) is 14.4. The van der Waals surface area contributed by atoms with E-state index in [0.29, 0.717) is 18.4 Å². The molecule has 1 saturated carbocycles. The van der Waals surface area contributed by atoms with Crippen LogP contribution in [0.5, 0.6) is 0 Å². The number of aliphatic imine (C=N–C) groups is 1. The maximum absolute atomic E-state index is 11.9. The van der Waals surface area contributed by atoms with Crippen LogP contribution in [0.2, 0.25) is 0 Å². The summed E-state index contributed by atoms with van der Waals surface area (Å²) in [6.45, 7) is 4.89. The molecule has 0 aromatic heterocycles. The van der Waals surface area contributed by atoms with Crippen molar-refractivity contribution in [3.63, 3.8) is 0 Å². The smallest absolute Gasteiger partial charge is 0.344 e. The number of hydrogen-bond donors (Lipinski definition) is 0. The molecule has 0 atom stereocenters. The van der Waals surface area contributed by atoms with Crippen LogP contribution < -0.4 is 0 Å². The Morgan fingerprint density at radius 3 is 2.42 bits per heavy atom. The summed E-state index contributed by atoms with van der Waals surface area (Å²) in [5, 5.41) is 0. The molecule has 4 heteroatoms. The van der Waals surface area contributed by atoms with E-state index in [4.69, 9.17) is 9.47 Å². The van der Waals surface area contributed by atoms with Crippen LogP contribution in [0, 0.1) is 5.92 Å². The van der Waals surface area contributed by atoms with E-state index >= 15 is 0 Å². The van der Waals surface area contributed by atoms with Gasteiger partial charge in [-0.1, -0.05) is 33.1 Å². The number of esters is 1. The lowest BCUT2D eigenvalue weighted by molar-refractivity contribution is -0.172. The fourth-order valence-electron chi connectivity index (χ4n) is 3.21. The maximum atomic E-state index is 11.9.